The highest BCUT2D eigenvalue weighted by Gasteiger charge is 2.24. The molecule has 112 valence electrons. The van der Waals surface area contributed by atoms with E-state index in [1.165, 1.54) is 25.1 Å². The Morgan fingerprint density at radius 2 is 1.95 bits per heavy atom. The molecule has 1 heterocycles. The van der Waals surface area contributed by atoms with Crippen LogP contribution in [0.15, 0.2) is 23.1 Å². The summed E-state index contributed by atoms with van der Waals surface area (Å²) in [6.07, 6.45) is 0. The van der Waals surface area contributed by atoms with Crippen LogP contribution in [0.2, 0.25) is 0 Å². The molecule has 2 aromatic rings. The zero-order chi connectivity index (χ0) is 15.8. The number of nitrogens with zero attached hydrogens (tertiary/aromatic N) is 2. The van der Waals surface area contributed by atoms with Gasteiger partial charge in [0.05, 0.1) is 26.9 Å². The summed E-state index contributed by atoms with van der Waals surface area (Å²) in [5.41, 5.74) is 1.27. The van der Waals surface area contributed by atoms with E-state index in [9.17, 15) is 18.5 Å². The summed E-state index contributed by atoms with van der Waals surface area (Å²) in [7, 11) is -3.93. The third-order valence-electron chi connectivity index (χ3n) is 3.11. The van der Waals surface area contributed by atoms with Gasteiger partial charge in [-0.2, -0.15) is 5.10 Å². The van der Waals surface area contributed by atoms with Gasteiger partial charge in [-0.1, -0.05) is 6.07 Å². The molecule has 0 radical (unpaired) electrons. The molecule has 0 aliphatic carbocycles. The van der Waals surface area contributed by atoms with Gasteiger partial charge in [0.25, 0.3) is 15.7 Å². The monoisotopic (exact) mass is 310 g/mol. The molecule has 0 amide bonds. The molecule has 0 bridgehead atoms. The van der Waals surface area contributed by atoms with Crippen molar-refractivity contribution in [2.75, 3.05) is 4.72 Å². The van der Waals surface area contributed by atoms with Crippen molar-refractivity contribution in [1.82, 2.24) is 10.2 Å². The average molecular weight is 310 g/mol. The third kappa shape index (κ3) is 2.72. The van der Waals surface area contributed by atoms with E-state index in [-0.39, 0.29) is 16.1 Å². The fraction of sp³-hybridized carbons (Fsp3) is 0.250. The molecule has 2 rings (SSSR count). The first-order chi connectivity index (χ1) is 9.74. The highest BCUT2D eigenvalue weighted by atomic mass is 32.2. The number of nitro groups is 1. The van der Waals surface area contributed by atoms with E-state index < -0.39 is 14.9 Å². The van der Waals surface area contributed by atoms with Crippen molar-refractivity contribution in [3.05, 3.63) is 45.3 Å². The van der Waals surface area contributed by atoms with E-state index in [0.29, 0.717) is 17.1 Å². The van der Waals surface area contributed by atoms with Crippen LogP contribution in [0.3, 0.4) is 0 Å². The average Bonchev–Trinajstić information content (AvgIpc) is 2.70. The minimum atomic E-state index is -3.93. The number of hydrogen-bond donors (Lipinski definition) is 2. The predicted octanol–water partition coefficient (Wildman–Crippen LogP) is 2.04. The summed E-state index contributed by atoms with van der Waals surface area (Å²) in [4.78, 5) is 10.2. The van der Waals surface area contributed by atoms with Gasteiger partial charge in [-0.25, -0.2) is 8.42 Å². The van der Waals surface area contributed by atoms with Crippen LogP contribution < -0.4 is 4.72 Å². The number of benzene rings is 1. The number of aryl methyl sites for hydroxylation is 2. The molecule has 0 aliphatic heterocycles. The maximum Gasteiger partial charge on any atom is 0.273 e. The van der Waals surface area contributed by atoms with Gasteiger partial charge in [0.1, 0.15) is 0 Å². The van der Waals surface area contributed by atoms with Crippen molar-refractivity contribution >= 4 is 21.4 Å². The number of hydrogen-bond acceptors (Lipinski definition) is 5. The Bertz CT molecular complexity index is 791. The lowest BCUT2D eigenvalue weighted by Crippen LogP contribution is -2.15. The number of nitro benzene ring substituents is 1. The van der Waals surface area contributed by atoms with Gasteiger partial charge in [0.15, 0.2) is 0 Å². The summed E-state index contributed by atoms with van der Waals surface area (Å²) in [5, 5.41) is 17.5. The molecule has 0 spiro atoms. The highest BCUT2D eigenvalue weighted by Crippen LogP contribution is 2.27. The van der Waals surface area contributed by atoms with E-state index in [1.54, 1.807) is 13.8 Å². The number of anilines is 1. The molecule has 0 fully saturated rings. The van der Waals surface area contributed by atoms with Crippen LogP contribution in [0.1, 0.15) is 17.0 Å². The lowest BCUT2D eigenvalue weighted by molar-refractivity contribution is -0.385. The topological polar surface area (TPSA) is 118 Å². The van der Waals surface area contributed by atoms with Crippen LogP contribution in [-0.4, -0.2) is 23.5 Å². The molecule has 2 N–H and O–H groups in total. The second kappa shape index (κ2) is 5.17. The van der Waals surface area contributed by atoms with Crippen LogP contribution in [0.25, 0.3) is 0 Å². The normalized spacial score (nSPS) is 11.4. The van der Waals surface area contributed by atoms with Crippen molar-refractivity contribution in [3.63, 3.8) is 0 Å². The molecule has 8 nitrogen and oxygen atoms in total. The van der Waals surface area contributed by atoms with Crippen molar-refractivity contribution in [2.24, 2.45) is 0 Å². The van der Waals surface area contributed by atoms with Gasteiger partial charge in [0.2, 0.25) is 0 Å². The van der Waals surface area contributed by atoms with E-state index >= 15 is 0 Å². The number of rotatable bonds is 4. The molecule has 1 aromatic carbocycles. The SMILES string of the molecule is Cc1n[nH]c(C)c1NS(=O)(=O)c1cccc([N+](=O)[O-])c1C. The van der Waals surface area contributed by atoms with E-state index in [1.807, 2.05) is 0 Å². The van der Waals surface area contributed by atoms with Gasteiger partial charge in [-0.3, -0.25) is 19.9 Å². The second-order valence-corrected chi connectivity index (χ2v) is 6.22. The maximum atomic E-state index is 12.4. The molecular formula is C12H14N4O4S. The third-order valence-corrected chi connectivity index (χ3v) is 4.60. The Balaban J connectivity index is 2.51. The first-order valence-electron chi connectivity index (χ1n) is 6.02. The Labute approximate surface area is 121 Å². The Hall–Kier alpha value is -2.42. The molecule has 0 atom stereocenters. The Morgan fingerprint density at radius 1 is 1.29 bits per heavy atom. The van der Waals surface area contributed by atoms with Crippen molar-refractivity contribution in [2.45, 2.75) is 25.7 Å². The standard InChI is InChI=1S/C12H14N4O4S/c1-7-10(16(17)18)5-4-6-11(7)21(19,20)15-12-8(2)13-14-9(12)3/h4-6,15H,1-3H3,(H,13,14). The van der Waals surface area contributed by atoms with Crippen molar-refractivity contribution < 1.29 is 13.3 Å². The molecule has 0 saturated heterocycles. The Morgan fingerprint density at radius 3 is 2.48 bits per heavy atom. The zero-order valence-corrected chi connectivity index (χ0v) is 12.5. The molecule has 21 heavy (non-hydrogen) atoms. The minimum absolute atomic E-state index is 0.0915. The van der Waals surface area contributed by atoms with Crippen LogP contribution in [0.4, 0.5) is 11.4 Å². The van der Waals surface area contributed by atoms with Crippen LogP contribution in [0.5, 0.6) is 0 Å². The number of sulfonamides is 1. The molecular weight excluding hydrogens is 296 g/mol. The van der Waals surface area contributed by atoms with Crippen LogP contribution in [0, 0.1) is 30.9 Å². The number of H-pyrrole nitrogens is 1. The predicted molar refractivity (Wildman–Crippen MR) is 76.7 cm³/mol. The van der Waals surface area contributed by atoms with E-state index in [2.05, 4.69) is 14.9 Å². The lowest BCUT2D eigenvalue weighted by Gasteiger charge is -2.10. The molecule has 9 heteroatoms. The largest absolute Gasteiger partial charge is 0.280 e. The molecule has 1 aromatic heterocycles. The quantitative estimate of drug-likeness (QED) is 0.661. The van der Waals surface area contributed by atoms with Gasteiger partial charge < -0.3 is 0 Å². The Kier molecular flexibility index (Phi) is 3.69. The van der Waals surface area contributed by atoms with Gasteiger partial charge in [0, 0.05) is 11.6 Å². The number of nitrogens with one attached hydrogen (secondary N) is 2. The smallest absolute Gasteiger partial charge is 0.273 e. The first-order valence-corrected chi connectivity index (χ1v) is 7.50. The highest BCUT2D eigenvalue weighted by molar-refractivity contribution is 7.92. The second-order valence-electron chi connectivity index (χ2n) is 4.57. The van der Waals surface area contributed by atoms with E-state index in [0.717, 1.165) is 0 Å². The van der Waals surface area contributed by atoms with Crippen molar-refractivity contribution in [1.29, 1.82) is 0 Å². The molecule has 0 saturated carbocycles. The van der Waals surface area contributed by atoms with Gasteiger partial charge in [-0.05, 0) is 26.8 Å². The fourth-order valence-corrected chi connectivity index (χ4v) is 3.43. The van der Waals surface area contributed by atoms with E-state index in [4.69, 9.17) is 0 Å². The summed E-state index contributed by atoms with van der Waals surface area (Å²) < 4.78 is 27.3. The first kappa shape index (κ1) is 15.0. The summed E-state index contributed by atoms with van der Waals surface area (Å²) >= 11 is 0. The summed E-state index contributed by atoms with van der Waals surface area (Å²) in [5.74, 6) is 0. The minimum Gasteiger partial charge on any atom is -0.280 e. The summed E-state index contributed by atoms with van der Waals surface area (Å²) in [6, 6.07) is 3.94. The van der Waals surface area contributed by atoms with Gasteiger partial charge >= 0.3 is 0 Å². The van der Waals surface area contributed by atoms with Gasteiger partial charge in [-0.15, -0.1) is 0 Å². The number of aromatic amines is 1. The van der Waals surface area contributed by atoms with Crippen LogP contribution >= 0.6 is 0 Å². The fourth-order valence-electron chi connectivity index (χ4n) is 1.98. The lowest BCUT2D eigenvalue weighted by atomic mass is 10.2. The van der Waals surface area contributed by atoms with Crippen LogP contribution in [-0.2, 0) is 10.0 Å². The van der Waals surface area contributed by atoms with Crippen molar-refractivity contribution in [3.8, 4) is 0 Å². The molecule has 0 aliphatic rings. The zero-order valence-electron chi connectivity index (χ0n) is 11.7. The summed E-state index contributed by atoms with van der Waals surface area (Å²) in [6.45, 7) is 4.74. The maximum absolute atomic E-state index is 12.4. The molecule has 0 unspecified atom stereocenters. The number of aromatic nitrogens is 2.